The summed E-state index contributed by atoms with van der Waals surface area (Å²) < 4.78 is 1.10. The van der Waals surface area contributed by atoms with Gasteiger partial charge in [-0.25, -0.2) is 0 Å². The molecule has 1 aromatic heterocycles. The Hall–Kier alpha value is -0.390. The molecule has 0 aliphatic heterocycles. The third-order valence-electron chi connectivity index (χ3n) is 3.50. The minimum atomic E-state index is 0.127. The SMILES string of the molecule is NC1CCCCC1CC(=O)NCc1ccc(Br)s1. The van der Waals surface area contributed by atoms with Crippen molar-refractivity contribution in [2.45, 2.75) is 44.7 Å². The normalized spacial score (nSPS) is 23.9. The van der Waals surface area contributed by atoms with Gasteiger partial charge in [-0.2, -0.15) is 0 Å². The summed E-state index contributed by atoms with van der Waals surface area (Å²) in [5.74, 6) is 0.496. The fourth-order valence-electron chi connectivity index (χ4n) is 2.43. The molecule has 1 aliphatic carbocycles. The molecule has 1 fully saturated rings. The number of rotatable bonds is 4. The van der Waals surface area contributed by atoms with Crippen LogP contribution in [0, 0.1) is 5.92 Å². The van der Waals surface area contributed by atoms with Crippen molar-refractivity contribution in [3.63, 3.8) is 0 Å². The fraction of sp³-hybridized carbons (Fsp3) is 0.615. The first-order valence-electron chi connectivity index (χ1n) is 6.41. The van der Waals surface area contributed by atoms with Crippen LogP contribution in [0.15, 0.2) is 15.9 Å². The van der Waals surface area contributed by atoms with E-state index in [-0.39, 0.29) is 11.9 Å². The third-order valence-corrected chi connectivity index (χ3v) is 5.13. The number of thiophene rings is 1. The molecule has 0 spiro atoms. The molecule has 0 radical (unpaired) electrons. The Bertz CT molecular complexity index is 407. The molecule has 3 N–H and O–H groups in total. The molecule has 1 amide bonds. The smallest absolute Gasteiger partial charge is 0.220 e. The van der Waals surface area contributed by atoms with Crippen LogP contribution in [0.3, 0.4) is 0 Å². The zero-order valence-electron chi connectivity index (χ0n) is 10.3. The van der Waals surface area contributed by atoms with Gasteiger partial charge in [0.15, 0.2) is 0 Å². The van der Waals surface area contributed by atoms with Crippen molar-refractivity contribution >= 4 is 33.2 Å². The van der Waals surface area contributed by atoms with Gasteiger partial charge in [-0.05, 0) is 46.8 Å². The lowest BCUT2D eigenvalue weighted by Crippen LogP contribution is -2.36. The Kier molecular flexibility index (Phi) is 5.21. The maximum absolute atomic E-state index is 11.9. The summed E-state index contributed by atoms with van der Waals surface area (Å²) in [6.07, 6.45) is 5.16. The number of nitrogens with one attached hydrogen (secondary N) is 1. The molecule has 1 aliphatic rings. The van der Waals surface area contributed by atoms with Gasteiger partial charge in [0.1, 0.15) is 0 Å². The number of hydrogen-bond donors (Lipinski definition) is 2. The lowest BCUT2D eigenvalue weighted by molar-refractivity contribution is -0.122. The van der Waals surface area contributed by atoms with E-state index < -0.39 is 0 Å². The van der Waals surface area contributed by atoms with Crippen molar-refractivity contribution in [3.8, 4) is 0 Å². The summed E-state index contributed by atoms with van der Waals surface area (Å²) in [7, 11) is 0. The van der Waals surface area contributed by atoms with Crippen molar-refractivity contribution in [1.82, 2.24) is 5.32 Å². The van der Waals surface area contributed by atoms with Crippen molar-refractivity contribution in [2.75, 3.05) is 0 Å². The highest BCUT2D eigenvalue weighted by Gasteiger charge is 2.23. The first kappa shape index (κ1) is 14.0. The molecule has 1 aromatic rings. The predicted molar refractivity (Wildman–Crippen MR) is 78.4 cm³/mol. The molecule has 18 heavy (non-hydrogen) atoms. The van der Waals surface area contributed by atoms with Gasteiger partial charge in [0.2, 0.25) is 5.91 Å². The zero-order valence-corrected chi connectivity index (χ0v) is 12.7. The average molecular weight is 331 g/mol. The molecule has 100 valence electrons. The number of hydrogen-bond acceptors (Lipinski definition) is 3. The minimum Gasteiger partial charge on any atom is -0.351 e. The summed E-state index contributed by atoms with van der Waals surface area (Å²) >= 11 is 5.07. The Morgan fingerprint density at radius 3 is 2.89 bits per heavy atom. The van der Waals surface area contributed by atoms with E-state index >= 15 is 0 Å². The summed E-state index contributed by atoms with van der Waals surface area (Å²) in [6, 6.07) is 4.24. The topological polar surface area (TPSA) is 55.1 Å². The van der Waals surface area contributed by atoms with Crippen molar-refractivity contribution in [1.29, 1.82) is 0 Å². The van der Waals surface area contributed by atoms with Gasteiger partial charge in [-0.1, -0.05) is 12.8 Å². The fourth-order valence-corrected chi connectivity index (χ4v) is 3.86. The van der Waals surface area contributed by atoms with Crippen LogP contribution in [0.5, 0.6) is 0 Å². The van der Waals surface area contributed by atoms with Crippen LogP contribution in [0.25, 0.3) is 0 Å². The summed E-state index contributed by atoms with van der Waals surface area (Å²) in [6.45, 7) is 0.622. The summed E-state index contributed by atoms with van der Waals surface area (Å²) in [4.78, 5) is 13.0. The highest BCUT2D eigenvalue weighted by molar-refractivity contribution is 9.11. The van der Waals surface area contributed by atoms with E-state index in [0.29, 0.717) is 18.9 Å². The summed E-state index contributed by atoms with van der Waals surface area (Å²) in [5, 5.41) is 2.98. The standard InChI is InChI=1S/C13H19BrN2OS/c14-12-6-5-10(18-12)8-16-13(17)7-9-3-1-2-4-11(9)15/h5-6,9,11H,1-4,7-8,15H2,(H,16,17). The van der Waals surface area contributed by atoms with E-state index in [1.54, 1.807) is 11.3 Å². The maximum Gasteiger partial charge on any atom is 0.220 e. The number of halogens is 1. The van der Waals surface area contributed by atoms with Crippen LogP contribution in [-0.4, -0.2) is 11.9 Å². The van der Waals surface area contributed by atoms with Crippen molar-refractivity contribution in [3.05, 3.63) is 20.8 Å². The van der Waals surface area contributed by atoms with Crippen molar-refractivity contribution in [2.24, 2.45) is 11.7 Å². The molecule has 1 saturated carbocycles. The van der Waals surface area contributed by atoms with E-state index in [1.165, 1.54) is 17.7 Å². The van der Waals surface area contributed by atoms with E-state index in [0.717, 1.165) is 16.6 Å². The first-order chi connectivity index (χ1) is 8.65. The Labute approximate surface area is 120 Å². The average Bonchev–Trinajstić information content (AvgIpc) is 2.76. The number of carbonyl (C=O) groups excluding carboxylic acids is 1. The predicted octanol–water partition coefficient (Wildman–Crippen LogP) is 3.03. The molecular formula is C13H19BrN2OS. The summed E-state index contributed by atoms with van der Waals surface area (Å²) in [5.41, 5.74) is 6.05. The molecule has 0 aromatic carbocycles. The van der Waals surface area contributed by atoms with Gasteiger partial charge < -0.3 is 11.1 Å². The highest BCUT2D eigenvalue weighted by atomic mass is 79.9. The van der Waals surface area contributed by atoms with E-state index in [9.17, 15) is 4.79 Å². The molecule has 5 heteroatoms. The van der Waals surface area contributed by atoms with Crippen LogP contribution in [-0.2, 0) is 11.3 Å². The number of nitrogens with two attached hydrogens (primary N) is 1. The van der Waals surface area contributed by atoms with Crippen LogP contribution in [0.2, 0.25) is 0 Å². The van der Waals surface area contributed by atoms with Crippen molar-refractivity contribution < 1.29 is 4.79 Å². The second-order valence-electron chi connectivity index (χ2n) is 4.90. The molecule has 0 saturated heterocycles. The van der Waals surface area contributed by atoms with Gasteiger partial charge in [-0.3, -0.25) is 4.79 Å². The van der Waals surface area contributed by atoms with Crippen LogP contribution in [0.1, 0.15) is 37.0 Å². The van der Waals surface area contributed by atoms with E-state index in [2.05, 4.69) is 21.2 Å². The Balaban J connectivity index is 1.74. The highest BCUT2D eigenvalue weighted by Crippen LogP contribution is 2.26. The molecule has 0 bridgehead atoms. The van der Waals surface area contributed by atoms with Gasteiger partial charge >= 0.3 is 0 Å². The van der Waals surface area contributed by atoms with Gasteiger partial charge in [0.05, 0.1) is 10.3 Å². The van der Waals surface area contributed by atoms with Gasteiger partial charge in [0, 0.05) is 17.3 Å². The lowest BCUT2D eigenvalue weighted by Gasteiger charge is -2.27. The Morgan fingerprint density at radius 2 is 2.22 bits per heavy atom. The second-order valence-corrected chi connectivity index (χ2v) is 7.44. The monoisotopic (exact) mass is 330 g/mol. The van der Waals surface area contributed by atoms with E-state index in [1.807, 2.05) is 12.1 Å². The van der Waals surface area contributed by atoms with Gasteiger partial charge in [0.25, 0.3) is 0 Å². The Morgan fingerprint density at radius 1 is 1.44 bits per heavy atom. The van der Waals surface area contributed by atoms with E-state index in [4.69, 9.17) is 5.73 Å². The molecule has 2 atom stereocenters. The quantitative estimate of drug-likeness (QED) is 0.891. The molecular weight excluding hydrogens is 312 g/mol. The first-order valence-corrected chi connectivity index (χ1v) is 8.02. The zero-order chi connectivity index (χ0) is 13.0. The van der Waals surface area contributed by atoms with Crippen LogP contribution < -0.4 is 11.1 Å². The molecule has 2 unspecified atom stereocenters. The minimum absolute atomic E-state index is 0.127. The third kappa shape index (κ3) is 4.07. The lowest BCUT2D eigenvalue weighted by atomic mass is 9.83. The van der Waals surface area contributed by atoms with Crippen LogP contribution >= 0.6 is 27.3 Å². The number of amides is 1. The van der Waals surface area contributed by atoms with Crippen LogP contribution in [0.4, 0.5) is 0 Å². The van der Waals surface area contributed by atoms with Gasteiger partial charge in [-0.15, -0.1) is 11.3 Å². The molecule has 3 nitrogen and oxygen atoms in total. The maximum atomic E-state index is 11.9. The largest absolute Gasteiger partial charge is 0.351 e. The molecule has 2 rings (SSSR count). The molecule has 1 heterocycles. The number of carbonyl (C=O) groups is 1. The second kappa shape index (κ2) is 6.68.